The molecule has 3 heterocycles. The van der Waals surface area contributed by atoms with Crippen LogP contribution in [-0.4, -0.2) is 66.3 Å². The van der Waals surface area contributed by atoms with Gasteiger partial charge in [-0.05, 0) is 35.9 Å². The van der Waals surface area contributed by atoms with E-state index in [4.69, 9.17) is 16.3 Å². The number of hydrogen-bond donors (Lipinski definition) is 1. The Bertz CT molecular complexity index is 1210. The van der Waals surface area contributed by atoms with E-state index in [2.05, 4.69) is 9.97 Å². The Morgan fingerprint density at radius 1 is 1.25 bits per heavy atom. The molecule has 10 heteroatoms. The first kappa shape index (κ1) is 22.5. The lowest BCUT2D eigenvalue weighted by Crippen LogP contribution is -2.59. The zero-order valence-corrected chi connectivity index (χ0v) is 19.0. The lowest BCUT2D eigenvalue weighted by molar-refractivity contribution is -0.141. The lowest BCUT2D eigenvalue weighted by atomic mass is 10.2. The van der Waals surface area contributed by atoms with Gasteiger partial charge in [-0.3, -0.25) is 9.78 Å². The number of rotatable bonds is 7. The number of halogens is 1. The summed E-state index contributed by atoms with van der Waals surface area (Å²) in [5, 5.41) is 2.64. The number of nitrogens with zero attached hydrogens (tertiary/aromatic N) is 3. The van der Waals surface area contributed by atoms with Gasteiger partial charge in [0.2, 0.25) is 15.9 Å². The van der Waals surface area contributed by atoms with E-state index in [-0.39, 0.29) is 25.6 Å². The molecule has 1 saturated heterocycles. The number of sulfonamides is 1. The van der Waals surface area contributed by atoms with Crippen molar-refractivity contribution in [1.29, 1.82) is 0 Å². The Labute approximate surface area is 191 Å². The zero-order chi connectivity index (χ0) is 22.7. The van der Waals surface area contributed by atoms with Gasteiger partial charge in [0.05, 0.1) is 13.2 Å². The monoisotopic (exact) mass is 474 g/mol. The standard InChI is InChI=1S/C22H23ClN4O4S/c1-31-15-21-22(28)26(14-19-12-17-13-24-8-6-20(17)25-19)9-10-27(21)32(29,30)11-7-16-2-4-18(23)5-3-16/h2-8,11-13,21,25H,9-10,14-15H2,1H3/b11-7+. The van der Waals surface area contributed by atoms with Crippen molar-refractivity contribution in [2.24, 2.45) is 0 Å². The minimum atomic E-state index is -3.84. The molecule has 0 bridgehead atoms. The summed E-state index contributed by atoms with van der Waals surface area (Å²) >= 11 is 5.88. The van der Waals surface area contributed by atoms with Crippen LogP contribution in [0.3, 0.4) is 0 Å². The molecular weight excluding hydrogens is 452 g/mol. The Morgan fingerprint density at radius 3 is 2.75 bits per heavy atom. The predicted octanol–water partition coefficient (Wildman–Crippen LogP) is 2.88. The second-order valence-electron chi connectivity index (χ2n) is 7.50. The number of nitrogens with one attached hydrogen (secondary N) is 1. The fraction of sp³-hybridized carbons (Fsp3) is 0.273. The van der Waals surface area contributed by atoms with Gasteiger partial charge in [-0.2, -0.15) is 4.31 Å². The minimum Gasteiger partial charge on any atom is -0.382 e. The van der Waals surface area contributed by atoms with E-state index in [9.17, 15) is 13.2 Å². The number of H-pyrrole nitrogens is 1. The quantitative estimate of drug-likeness (QED) is 0.568. The summed E-state index contributed by atoms with van der Waals surface area (Å²) in [5.41, 5.74) is 2.49. The molecule has 0 radical (unpaired) electrons. The van der Waals surface area contributed by atoms with Gasteiger partial charge >= 0.3 is 0 Å². The molecule has 1 aliphatic rings. The van der Waals surface area contributed by atoms with Crippen LogP contribution in [-0.2, 0) is 26.1 Å². The van der Waals surface area contributed by atoms with Crippen molar-refractivity contribution in [3.05, 3.63) is 70.5 Å². The number of benzene rings is 1. The Kier molecular flexibility index (Phi) is 6.61. The van der Waals surface area contributed by atoms with Crippen molar-refractivity contribution in [3.63, 3.8) is 0 Å². The maximum atomic E-state index is 13.2. The van der Waals surface area contributed by atoms with Crippen LogP contribution in [0.2, 0.25) is 5.02 Å². The van der Waals surface area contributed by atoms with Crippen molar-refractivity contribution < 1.29 is 17.9 Å². The van der Waals surface area contributed by atoms with Crippen molar-refractivity contribution >= 4 is 44.5 Å². The number of fused-ring (bicyclic) bond motifs is 1. The molecule has 1 atom stereocenters. The molecule has 1 fully saturated rings. The number of amides is 1. The molecule has 4 rings (SSSR count). The molecule has 32 heavy (non-hydrogen) atoms. The molecule has 1 aliphatic heterocycles. The third kappa shape index (κ3) is 4.86. The lowest BCUT2D eigenvalue weighted by Gasteiger charge is -2.38. The van der Waals surface area contributed by atoms with E-state index in [0.29, 0.717) is 17.1 Å². The van der Waals surface area contributed by atoms with E-state index in [0.717, 1.165) is 22.0 Å². The van der Waals surface area contributed by atoms with E-state index in [1.165, 1.54) is 17.5 Å². The number of methoxy groups -OCH3 is 1. The van der Waals surface area contributed by atoms with Crippen LogP contribution in [0.25, 0.3) is 17.0 Å². The minimum absolute atomic E-state index is 0.0278. The maximum Gasteiger partial charge on any atom is 0.243 e. The number of aromatic nitrogens is 2. The predicted molar refractivity (Wildman–Crippen MR) is 123 cm³/mol. The molecule has 2 aromatic heterocycles. The van der Waals surface area contributed by atoms with Gasteiger partial charge in [-0.25, -0.2) is 8.42 Å². The summed E-state index contributed by atoms with van der Waals surface area (Å²) in [6, 6.07) is 9.69. The number of aromatic amines is 1. The van der Waals surface area contributed by atoms with Crippen LogP contribution in [0, 0.1) is 0 Å². The normalized spacial score (nSPS) is 18.1. The van der Waals surface area contributed by atoms with Crippen LogP contribution in [0.5, 0.6) is 0 Å². The van der Waals surface area contributed by atoms with Crippen LogP contribution in [0.15, 0.2) is 54.2 Å². The van der Waals surface area contributed by atoms with E-state index in [1.807, 2.05) is 12.1 Å². The summed E-state index contributed by atoms with van der Waals surface area (Å²) in [7, 11) is -2.39. The number of pyridine rings is 1. The number of carbonyl (C=O) groups is 1. The highest BCUT2D eigenvalue weighted by Gasteiger charge is 2.40. The third-order valence-electron chi connectivity index (χ3n) is 5.33. The summed E-state index contributed by atoms with van der Waals surface area (Å²) in [4.78, 5) is 22.2. The van der Waals surface area contributed by atoms with Gasteiger partial charge in [-0.1, -0.05) is 23.7 Å². The Balaban J connectivity index is 1.52. The molecule has 3 aromatic rings. The second kappa shape index (κ2) is 9.41. The number of carbonyl (C=O) groups excluding carboxylic acids is 1. The average Bonchev–Trinajstić information content (AvgIpc) is 3.18. The Morgan fingerprint density at radius 2 is 2.03 bits per heavy atom. The van der Waals surface area contributed by atoms with E-state index in [1.54, 1.807) is 41.6 Å². The molecule has 0 saturated carbocycles. The fourth-order valence-corrected chi connectivity index (χ4v) is 5.19. The van der Waals surface area contributed by atoms with Crippen molar-refractivity contribution in [3.8, 4) is 0 Å². The molecule has 168 valence electrons. The van der Waals surface area contributed by atoms with E-state index < -0.39 is 16.1 Å². The molecule has 1 amide bonds. The van der Waals surface area contributed by atoms with Gasteiger partial charge in [0.1, 0.15) is 6.04 Å². The second-order valence-corrected chi connectivity index (χ2v) is 9.71. The van der Waals surface area contributed by atoms with Gasteiger partial charge in [0.25, 0.3) is 0 Å². The summed E-state index contributed by atoms with van der Waals surface area (Å²) < 4.78 is 32.4. The smallest absolute Gasteiger partial charge is 0.243 e. The zero-order valence-electron chi connectivity index (χ0n) is 17.4. The van der Waals surface area contributed by atoms with Gasteiger partial charge in [-0.15, -0.1) is 0 Å². The molecule has 1 unspecified atom stereocenters. The number of ether oxygens (including phenoxy) is 1. The Hall–Kier alpha value is -2.72. The molecular formula is C22H23ClN4O4S. The van der Waals surface area contributed by atoms with Crippen LogP contribution in [0.4, 0.5) is 0 Å². The highest BCUT2D eigenvalue weighted by Crippen LogP contribution is 2.22. The van der Waals surface area contributed by atoms with E-state index >= 15 is 0 Å². The summed E-state index contributed by atoms with van der Waals surface area (Å²) in [5.74, 6) is -0.293. The van der Waals surface area contributed by atoms with Gasteiger partial charge < -0.3 is 14.6 Å². The first-order chi connectivity index (χ1) is 15.4. The number of piperazine rings is 1. The van der Waals surface area contributed by atoms with Crippen molar-refractivity contribution in [1.82, 2.24) is 19.2 Å². The SMILES string of the molecule is COCC1C(=O)N(Cc2cc3cnccc3[nH]2)CCN1S(=O)(=O)/C=C/c1ccc(Cl)cc1. The third-order valence-corrected chi connectivity index (χ3v) is 7.15. The first-order valence-electron chi connectivity index (χ1n) is 10.0. The van der Waals surface area contributed by atoms with Gasteiger partial charge in [0, 0.05) is 59.6 Å². The molecule has 0 spiro atoms. The van der Waals surface area contributed by atoms with Crippen molar-refractivity contribution in [2.45, 2.75) is 12.6 Å². The molecule has 1 N–H and O–H groups in total. The van der Waals surface area contributed by atoms with Crippen LogP contribution in [0.1, 0.15) is 11.3 Å². The molecule has 8 nitrogen and oxygen atoms in total. The first-order valence-corrected chi connectivity index (χ1v) is 11.9. The van der Waals surface area contributed by atoms with Crippen LogP contribution < -0.4 is 0 Å². The topological polar surface area (TPSA) is 95.6 Å². The average molecular weight is 475 g/mol. The summed E-state index contributed by atoms with van der Waals surface area (Å²) in [6.45, 7) is 0.776. The largest absolute Gasteiger partial charge is 0.382 e. The summed E-state index contributed by atoms with van der Waals surface area (Å²) in [6.07, 6.45) is 4.94. The highest BCUT2D eigenvalue weighted by atomic mass is 35.5. The maximum absolute atomic E-state index is 13.2. The molecule has 0 aliphatic carbocycles. The van der Waals surface area contributed by atoms with Crippen molar-refractivity contribution in [2.75, 3.05) is 26.8 Å². The van der Waals surface area contributed by atoms with Crippen LogP contribution >= 0.6 is 11.6 Å². The fourth-order valence-electron chi connectivity index (χ4n) is 3.73. The highest BCUT2D eigenvalue weighted by molar-refractivity contribution is 7.92. The molecule has 1 aromatic carbocycles. The number of hydrogen-bond acceptors (Lipinski definition) is 5. The van der Waals surface area contributed by atoms with Gasteiger partial charge in [0.15, 0.2) is 0 Å².